The minimum atomic E-state index is -1.58. The fourth-order valence-electron chi connectivity index (χ4n) is 4.28. The SMILES string of the molecule is COC(=O)C12C=CC(C(=O)N1C)C1C(=O)N(c3ccccc3)C(=O)C12. The van der Waals surface area contributed by atoms with E-state index in [4.69, 9.17) is 4.74 Å². The number of anilines is 1. The molecule has 4 aliphatic rings. The summed E-state index contributed by atoms with van der Waals surface area (Å²) in [5, 5.41) is 0. The van der Waals surface area contributed by atoms with Crippen LogP contribution in [0.15, 0.2) is 42.5 Å². The van der Waals surface area contributed by atoms with E-state index in [0.717, 1.165) is 4.90 Å². The van der Waals surface area contributed by atoms with E-state index in [1.54, 1.807) is 36.4 Å². The molecule has 2 bridgehead atoms. The normalized spacial score (nSPS) is 33.0. The van der Waals surface area contributed by atoms with Crippen molar-refractivity contribution in [2.45, 2.75) is 5.54 Å². The topological polar surface area (TPSA) is 84.0 Å². The van der Waals surface area contributed by atoms with Crippen LogP contribution in [0.25, 0.3) is 0 Å². The molecule has 0 N–H and O–H groups in total. The lowest BCUT2D eigenvalue weighted by atomic mass is 9.62. The third-order valence-electron chi connectivity index (χ3n) is 5.47. The maximum Gasteiger partial charge on any atom is 0.336 e. The molecule has 0 aromatic heterocycles. The maximum atomic E-state index is 13.1. The van der Waals surface area contributed by atoms with E-state index in [0.29, 0.717) is 5.69 Å². The minimum absolute atomic E-state index is 0.356. The molecule has 3 aliphatic heterocycles. The monoisotopic (exact) mass is 340 g/mol. The smallest absolute Gasteiger partial charge is 0.336 e. The number of piperidine rings is 1. The van der Waals surface area contributed by atoms with Gasteiger partial charge in [0, 0.05) is 7.05 Å². The number of nitrogens with zero attached hydrogens (tertiary/aromatic N) is 2. The first-order valence-corrected chi connectivity index (χ1v) is 7.93. The van der Waals surface area contributed by atoms with Gasteiger partial charge in [0.25, 0.3) is 0 Å². The van der Waals surface area contributed by atoms with Gasteiger partial charge in [-0.3, -0.25) is 14.4 Å². The first-order valence-electron chi connectivity index (χ1n) is 7.93. The minimum Gasteiger partial charge on any atom is -0.467 e. The average molecular weight is 340 g/mol. The van der Waals surface area contributed by atoms with Crippen molar-refractivity contribution in [1.29, 1.82) is 0 Å². The molecule has 1 aromatic rings. The molecule has 0 radical (unpaired) electrons. The lowest BCUT2D eigenvalue weighted by molar-refractivity contribution is -0.173. The van der Waals surface area contributed by atoms with Gasteiger partial charge in [0.05, 0.1) is 30.6 Å². The number of fused-ring (bicyclic) bond motifs is 1. The summed E-state index contributed by atoms with van der Waals surface area (Å²) in [4.78, 5) is 53.7. The predicted octanol–water partition coefficient (Wildman–Crippen LogP) is 0.362. The molecule has 1 aromatic carbocycles. The zero-order chi connectivity index (χ0) is 17.9. The predicted molar refractivity (Wildman–Crippen MR) is 86.1 cm³/mol. The molecule has 0 saturated carbocycles. The molecule has 4 unspecified atom stereocenters. The number of rotatable bonds is 2. The molecule has 25 heavy (non-hydrogen) atoms. The van der Waals surface area contributed by atoms with Crippen LogP contribution in [-0.4, -0.2) is 48.3 Å². The number of ether oxygens (including phenoxy) is 1. The van der Waals surface area contributed by atoms with Gasteiger partial charge >= 0.3 is 5.97 Å². The number of carbonyl (C=O) groups is 4. The Kier molecular flexibility index (Phi) is 3.12. The van der Waals surface area contributed by atoms with Gasteiger partial charge in [-0.25, -0.2) is 9.69 Å². The van der Waals surface area contributed by atoms with Gasteiger partial charge in [0.2, 0.25) is 17.7 Å². The Balaban J connectivity index is 1.90. The van der Waals surface area contributed by atoms with Crippen molar-refractivity contribution in [3.8, 4) is 0 Å². The number of imide groups is 1. The number of para-hydroxylation sites is 1. The Morgan fingerprint density at radius 1 is 1.08 bits per heavy atom. The quantitative estimate of drug-likeness (QED) is 0.441. The standard InChI is InChI=1S/C18H16N2O5/c1-19-14(21)11-8-9-18(19,17(24)25-2)13-12(11)15(22)20(16(13)23)10-6-4-3-5-7-10/h3-9,11-13H,1-2H3. The molecule has 0 spiro atoms. The molecule has 3 heterocycles. The third-order valence-corrected chi connectivity index (χ3v) is 5.47. The zero-order valence-electron chi connectivity index (χ0n) is 13.7. The summed E-state index contributed by atoms with van der Waals surface area (Å²) in [6.45, 7) is 0. The first kappa shape index (κ1) is 15.6. The highest BCUT2D eigenvalue weighted by atomic mass is 16.5. The Hall–Kier alpha value is -2.96. The lowest BCUT2D eigenvalue weighted by Crippen LogP contribution is -2.70. The van der Waals surface area contributed by atoms with Crippen molar-refractivity contribution in [3.63, 3.8) is 0 Å². The number of hydrogen-bond acceptors (Lipinski definition) is 5. The van der Waals surface area contributed by atoms with Crippen molar-refractivity contribution >= 4 is 29.4 Å². The number of benzene rings is 1. The molecule has 1 aliphatic carbocycles. The molecule has 2 fully saturated rings. The van der Waals surface area contributed by atoms with E-state index in [1.807, 2.05) is 0 Å². The zero-order valence-corrected chi connectivity index (χ0v) is 13.7. The van der Waals surface area contributed by atoms with Gasteiger partial charge in [0.1, 0.15) is 0 Å². The summed E-state index contributed by atoms with van der Waals surface area (Å²) >= 11 is 0. The van der Waals surface area contributed by atoms with Crippen LogP contribution in [0, 0.1) is 17.8 Å². The van der Waals surface area contributed by atoms with Crippen molar-refractivity contribution in [1.82, 2.24) is 4.90 Å². The molecule has 3 amide bonds. The van der Waals surface area contributed by atoms with Crippen LogP contribution >= 0.6 is 0 Å². The molecule has 7 heteroatoms. The van der Waals surface area contributed by atoms with Crippen molar-refractivity contribution in [2.75, 3.05) is 19.1 Å². The van der Waals surface area contributed by atoms with E-state index in [9.17, 15) is 19.2 Å². The van der Waals surface area contributed by atoms with Crippen molar-refractivity contribution < 1.29 is 23.9 Å². The third kappa shape index (κ3) is 1.70. The molecule has 5 rings (SSSR count). The summed E-state index contributed by atoms with van der Waals surface area (Å²) in [5.41, 5.74) is -1.15. The maximum absolute atomic E-state index is 13.1. The summed E-state index contributed by atoms with van der Waals surface area (Å²) in [7, 11) is 2.67. The van der Waals surface area contributed by atoms with Crippen molar-refractivity contribution in [3.05, 3.63) is 42.5 Å². The molecule has 4 atom stereocenters. The second kappa shape index (κ2) is 5.02. The van der Waals surface area contributed by atoms with Gasteiger partial charge in [-0.05, 0) is 12.1 Å². The van der Waals surface area contributed by atoms with E-state index in [1.165, 1.54) is 25.1 Å². The van der Waals surface area contributed by atoms with Crippen molar-refractivity contribution in [2.24, 2.45) is 17.8 Å². The largest absolute Gasteiger partial charge is 0.467 e. The lowest BCUT2D eigenvalue weighted by Gasteiger charge is -2.51. The number of amides is 3. The van der Waals surface area contributed by atoms with Crippen LogP contribution in [-0.2, 0) is 23.9 Å². The highest BCUT2D eigenvalue weighted by Gasteiger charge is 2.71. The number of hydrogen-bond donors (Lipinski definition) is 0. The van der Waals surface area contributed by atoms with Gasteiger partial charge in [-0.15, -0.1) is 0 Å². The summed E-state index contributed by atoms with van der Waals surface area (Å²) in [5.74, 6) is -4.63. The van der Waals surface area contributed by atoms with Gasteiger partial charge in [-0.2, -0.15) is 0 Å². The average Bonchev–Trinajstić information content (AvgIpc) is 2.91. The number of carbonyl (C=O) groups excluding carboxylic acids is 4. The fraction of sp³-hybridized carbons (Fsp3) is 0.333. The molecule has 128 valence electrons. The van der Waals surface area contributed by atoms with Gasteiger partial charge in [-0.1, -0.05) is 30.4 Å². The summed E-state index contributed by atoms with van der Waals surface area (Å²) < 4.78 is 4.89. The van der Waals surface area contributed by atoms with Crippen LogP contribution in [0.3, 0.4) is 0 Å². The first-order chi connectivity index (χ1) is 11.9. The van der Waals surface area contributed by atoms with Gasteiger partial charge < -0.3 is 9.64 Å². The summed E-state index contributed by atoms with van der Waals surface area (Å²) in [6, 6.07) is 8.52. The summed E-state index contributed by atoms with van der Waals surface area (Å²) in [6.07, 6.45) is 3.09. The number of esters is 1. The Labute approximate surface area is 143 Å². The number of likely N-dealkylation sites (N-methyl/N-ethyl adjacent to an activating group) is 1. The Bertz CT molecular complexity index is 833. The van der Waals surface area contributed by atoms with E-state index in [2.05, 4.69) is 0 Å². The highest BCUT2D eigenvalue weighted by molar-refractivity contribution is 6.26. The molecular formula is C18H16N2O5. The molecular weight excluding hydrogens is 324 g/mol. The molecule has 2 saturated heterocycles. The fourth-order valence-corrected chi connectivity index (χ4v) is 4.28. The second-order valence-electron chi connectivity index (χ2n) is 6.45. The van der Waals surface area contributed by atoms with E-state index >= 15 is 0 Å². The number of methoxy groups -OCH3 is 1. The van der Waals surface area contributed by atoms with Crippen LogP contribution in [0.1, 0.15) is 0 Å². The molecule has 7 nitrogen and oxygen atoms in total. The Morgan fingerprint density at radius 2 is 1.76 bits per heavy atom. The van der Waals surface area contributed by atoms with Crippen LogP contribution in [0.5, 0.6) is 0 Å². The Morgan fingerprint density at radius 3 is 2.40 bits per heavy atom. The van der Waals surface area contributed by atoms with Gasteiger partial charge in [0.15, 0.2) is 5.54 Å². The second-order valence-corrected chi connectivity index (χ2v) is 6.45. The van der Waals surface area contributed by atoms with Crippen LogP contribution < -0.4 is 4.90 Å². The van der Waals surface area contributed by atoms with E-state index in [-0.39, 0.29) is 5.91 Å². The van der Waals surface area contributed by atoms with E-state index < -0.39 is 41.1 Å². The highest BCUT2D eigenvalue weighted by Crippen LogP contribution is 2.52. The van der Waals surface area contributed by atoms with Crippen LogP contribution in [0.4, 0.5) is 5.69 Å². The van der Waals surface area contributed by atoms with Crippen LogP contribution in [0.2, 0.25) is 0 Å².